The van der Waals surface area contributed by atoms with E-state index in [0.717, 1.165) is 5.82 Å². The second-order valence-electron chi connectivity index (χ2n) is 2.25. The lowest BCUT2D eigenvalue weighted by molar-refractivity contribution is 0.199. The molecule has 62 valence electrons. The van der Waals surface area contributed by atoms with Crippen molar-refractivity contribution in [1.29, 1.82) is 0 Å². The lowest BCUT2D eigenvalue weighted by Gasteiger charge is -1.96. The Morgan fingerprint density at radius 1 is 1.73 bits per heavy atom. The maximum atomic E-state index is 10.8. The van der Waals surface area contributed by atoms with E-state index < -0.39 is 0 Å². The average Bonchev–Trinajstić information content (AvgIpc) is 2.31. The smallest absolute Gasteiger partial charge is 0.343 e. The third-order valence-corrected chi connectivity index (χ3v) is 1.50. The molecule has 5 heteroatoms. The number of hydrogen-bond acceptors (Lipinski definition) is 3. The summed E-state index contributed by atoms with van der Waals surface area (Å²) >= 11 is 0. The van der Waals surface area contributed by atoms with Crippen molar-refractivity contribution in [3.63, 3.8) is 0 Å². The summed E-state index contributed by atoms with van der Waals surface area (Å²) in [6, 6.07) is 0. The second kappa shape index (κ2) is 3.34. The van der Waals surface area contributed by atoms with Gasteiger partial charge in [0.2, 0.25) is 0 Å². The van der Waals surface area contributed by atoms with E-state index >= 15 is 0 Å². The average molecular weight is 157 g/mol. The van der Waals surface area contributed by atoms with Crippen molar-refractivity contribution in [3.05, 3.63) is 16.3 Å². The van der Waals surface area contributed by atoms with Crippen LogP contribution in [0.4, 0.5) is 0 Å². The van der Waals surface area contributed by atoms with Crippen LogP contribution in [-0.2, 0) is 18.2 Å². The first-order chi connectivity index (χ1) is 5.25. The van der Waals surface area contributed by atoms with Crippen LogP contribution in [0.2, 0.25) is 0 Å². The van der Waals surface area contributed by atoms with Crippen molar-refractivity contribution in [1.82, 2.24) is 14.8 Å². The zero-order chi connectivity index (χ0) is 8.27. The minimum Gasteiger partial charge on any atom is -0.384 e. The molecule has 0 aliphatic heterocycles. The van der Waals surface area contributed by atoms with Gasteiger partial charge in [-0.2, -0.15) is 5.10 Å². The van der Waals surface area contributed by atoms with Crippen molar-refractivity contribution in [2.75, 3.05) is 13.7 Å². The number of H-pyrrole nitrogens is 1. The molecule has 0 atom stereocenters. The zero-order valence-electron chi connectivity index (χ0n) is 6.63. The molecule has 1 N–H and O–H groups in total. The van der Waals surface area contributed by atoms with E-state index in [9.17, 15) is 4.79 Å². The van der Waals surface area contributed by atoms with E-state index in [1.54, 1.807) is 14.2 Å². The van der Waals surface area contributed by atoms with Gasteiger partial charge < -0.3 is 4.74 Å². The Kier molecular flexibility index (Phi) is 2.43. The molecule has 0 unspecified atom stereocenters. The van der Waals surface area contributed by atoms with Crippen LogP contribution in [0.3, 0.4) is 0 Å². The number of aromatic amines is 1. The summed E-state index contributed by atoms with van der Waals surface area (Å²) in [5, 5.41) is 6.15. The summed E-state index contributed by atoms with van der Waals surface area (Å²) in [6.07, 6.45) is 0.658. The fourth-order valence-corrected chi connectivity index (χ4v) is 0.797. The molecule has 1 aromatic rings. The molecule has 11 heavy (non-hydrogen) atoms. The number of nitrogens with one attached hydrogen (secondary N) is 1. The highest BCUT2D eigenvalue weighted by atomic mass is 16.5. The maximum Gasteiger partial charge on any atom is 0.343 e. The van der Waals surface area contributed by atoms with E-state index in [1.807, 2.05) is 0 Å². The Morgan fingerprint density at radius 3 is 2.91 bits per heavy atom. The molecule has 0 fully saturated rings. The number of rotatable bonds is 3. The van der Waals surface area contributed by atoms with Crippen molar-refractivity contribution < 1.29 is 4.74 Å². The standard InChI is InChI=1S/C6H11N3O2/c1-9-5(3-4-11-2)7-8-6(9)10/h3-4H2,1-2H3,(H,8,10). The van der Waals surface area contributed by atoms with Gasteiger partial charge in [-0.05, 0) is 0 Å². The predicted molar refractivity (Wildman–Crippen MR) is 39.4 cm³/mol. The highest BCUT2D eigenvalue weighted by Gasteiger charge is 2.01. The number of ether oxygens (including phenoxy) is 1. The highest BCUT2D eigenvalue weighted by Crippen LogP contribution is 1.88. The fourth-order valence-electron chi connectivity index (χ4n) is 0.797. The molecule has 0 spiro atoms. The molecule has 5 nitrogen and oxygen atoms in total. The predicted octanol–water partition coefficient (Wildman–Crippen LogP) is -0.703. The van der Waals surface area contributed by atoms with Crippen LogP contribution in [0, 0.1) is 0 Å². The van der Waals surface area contributed by atoms with Crippen LogP contribution >= 0.6 is 0 Å². The Morgan fingerprint density at radius 2 is 2.45 bits per heavy atom. The maximum absolute atomic E-state index is 10.8. The number of nitrogens with zero attached hydrogens (tertiary/aromatic N) is 2. The van der Waals surface area contributed by atoms with Crippen LogP contribution in [-0.4, -0.2) is 28.5 Å². The molecule has 0 bridgehead atoms. The van der Waals surface area contributed by atoms with Crippen molar-refractivity contribution >= 4 is 0 Å². The summed E-state index contributed by atoms with van der Waals surface area (Å²) in [4.78, 5) is 10.8. The number of aromatic nitrogens is 3. The van der Waals surface area contributed by atoms with Gasteiger partial charge in [-0.15, -0.1) is 0 Å². The Labute approximate surface area is 64.0 Å². The first-order valence-electron chi connectivity index (χ1n) is 3.35. The molecular formula is C6H11N3O2. The lowest BCUT2D eigenvalue weighted by Crippen LogP contribution is -2.15. The first-order valence-corrected chi connectivity index (χ1v) is 3.35. The van der Waals surface area contributed by atoms with Crippen LogP contribution in [0.5, 0.6) is 0 Å². The molecule has 0 aliphatic carbocycles. The Hall–Kier alpha value is -1.10. The van der Waals surface area contributed by atoms with E-state index in [0.29, 0.717) is 13.0 Å². The van der Waals surface area contributed by atoms with Crippen LogP contribution < -0.4 is 5.69 Å². The SMILES string of the molecule is COCCc1n[nH]c(=O)n1C. The van der Waals surface area contributed by atoms with E-state index in [-0.39, 0.29) is 5.69 Å². The van der Waals surface area contributed by atoms with E-state index in [2.05, 4.69) is 10.2 Å². The van der Waals surface area contributed by atoms with Gasteiger partial charge in [0.25, 0.3) is 0 Å². The Balaban J connectivity index is 2.71. The zero-order valence-corrected chi connectivity index (χ0v) is 6.63. The van der Waals surface area contributed by atoms with Crippen LogP contribution in [0.15, 0.2) is 4.79 Å². The van der Waals surface area contributed by atoms with Gasteiger partial charge in [0.15, 0.2) is 0 Å². The molecular weight excluding hydrogens is 146 g/mol. The minimum atomic E-state index is -0.184. The second-order valence-corrected chi connectivity index (χ2v) is 2.25. The van der Waals surface area contributed by atoms with Gasteiger partial charge >= 0.3 is 5.69 Å². The third kappa shape index (κ3) is 1.68. The molecule has 0 amide bonds. The molecule has 1 aromatic heterocycles. The fraction of sp³-hybridized carbons (Fsp3) is 0.667. The summed E-state index contributed by atoms with van der Waals surface area (Å²) < 4.78 is 6.31. The van der Waals surface area contributed by atoms with Gasteiger partial charge in [-0.1, -0.05) is 0 Å². The third-order valence-electron chi connectivity index (χ3n) is 1.50. The van der Waals surface area contributed by atoms with Gasteiger partial charge in [-0.3, -0.25) is 4.57 Å². The van der Waals surface area contributed by atoms with Crippen molar-refractivity contribution in [2.24, 2.45) is 7.05 Å². The first kappa shape index (κ1) is 8.00. The normalized spacial score (nSPS) is 10.4. The number of hydrogen-bond donors (Lipinski definition) is 1. The molecule has 0 saturated heterocycles. The van der Waals surface area contributed by atoms with Crippen molar-refractivity contribution in [2.45, 2.75) is 6.42 Å². The van der Waals surface area contributed by atoms with Crippen LogP contribution in [0.25, 0.3) is 0 Å². The summed E-state index contributed by atoms with van der Waals surface area (Å²) in [7, 11) is 3.29. The quantitative estimate of drug-likeness (QED) is 0.631. The molecule has 0 aliphatic rings. The Bertz CT molecular complexity index is 276. The molecule has 0 saturated carbocycles. The monoisotopic (exact) mass is 157 g/mol. The lowest BCUT2D eigenvalue weighted by atomic mass is 10.4. The van der Waals surface area contributed by atoms with Gasteiger partial charge in [0, 0.05) is 20.6 Å². The highest BCUT2D eigenvalue weighted by molar-refractivity contribution is 4.84. The largest absolute Gasteiger partial charge is 0.384 e. The van der Waals surface area contributed by atoms with Gasteiger partial charge in [-0.25, -0.2) is 9.89 Å². The molecule has 0 aromatic carbocycles. The summed E-state index contributed by atoms with van der Waals surface area (Å²) in [5.74, 6) is 0.719. The summed E-state index contributed by atoms with van der Waals surface area (Å²) in [5.41, 5.74) is -0.184. The van der Waals surface area contributed by atoms with E-state index in [4.69, 9.17) is 4.74 Å². The molecule has 1 heterocycles. The number of methoxy groups -OCH3 is 1. The van der Waals surface area contributed by atoms with Gasteiger partial charge in [0.05, 0.1) is 6.61 Å². The molecule has 0 radical (unpaired) electrons. The van der Waals surface area contributed by atoms with Gasteiger partial charge in [0.1, 0.15) is 5.82 Å². The topological polar surface area (TPSA) is 59.9 Å². The van der Waals surface area contributed by atoms with E-state index in [1.165, 1.54) is 4.57 Å². The van der Waals surface area contributed by atoms with Crippen LogP contribution in [0.1, 0.15) is 5.82 Å². The minimum absolute atomic E-state index is 0.184. The summed E-state index contributed by atoms with van der Waals surface area (Å²) in [6.45, 7) is 0.581. The molecule has 1 rings (SSSR count). The van der Waals surface area contributed by atoms with Crippen molar-refractivity contribution in [3.8, 4) is 0 Å².